The normalized spacial score (nSPS) is 10.7. The number of hydroxylamine groups is 1. The maximum absolute atomic E-state index is 12.5. The fourth-order valence-corrected chi connectivity index (χ4v) is 4.23. The Morgan fingerprint density at radius 3 is 2.32 bits per heavy atom. The molecule has 2 heterocycles. The zero-order chi connectivity index (χ0) is 22.0. The molecule has 0 saturated heterocycles. The number of thiophene rings is 1. The number of carbonyl (C=O) groups excluding carboxylic acids is 2. The van der Waals surface area contributed by atoms with Gasteiger partial charge in [0, 0.05) is 17.7 Å². The van der Waals surface area contributed by atoms with Crippen LogP contribution in [-0.2, 0) is 6.54 Å². The number of hydrogen-bond donors (Lipinski definition) is 4. The molecule has 2 amide bonds. The highest BCUT2D eigenvalue weighted by atomic mass is 32.1. The standard InChI is InChI=1S/C23H19N3O4S/c24-22(28)21-18(15-7-9-17(27)10-8-15)12-19(20-2-1-11-31-20)26(21)13-14-3-5-16(6-4-14)23(29)25-30/h1-12,27,30H,13H2,(H2,24,28)(H,25,29). The number of primary amides is 1. The van der Waals surface area contributed by atoms with Crippen LogP contribution in [0.2, 0.25) is 0 Å². The molecule has 0 atom stereocenters. The summed E-state index contributed by atoms with van der Waals surface area (Å²) in [6, 6.07) is 19.1. The first kappa shape index (κ1) is 20.4. The van der Waals surface area contributed by atoms with Crippen LogP contribution in [0.1, 0.15) is 26.4 Å². The third-order valence-corrected chi connectivity index (χ3v) is 5.83. The van der Waals surface area contributed by atoms with Crippen LogP contribution in [0.3, 0.4) is 0 Å². The number of amides is 2. The fourth-order valence-electron chi connectivity index (χ4n) is 3.48. The maximum atomic E-state index is 12.5. The number of carbonyl (C=O) groups is 2. The number of nitrogens with zero attached hydrogens (tertiary/aromatic N) is 1. The van der Waals surface area contributed by atoms with Crippen molar-refractivity contribution in [1.29, 1.82) is 0 Å². The summed E-state index contributed by atoms with van der Waals surface area (Å²) in [5.74, 6) is -1.03. The zero-order valence-corrected chi connectivity index (χ0v) is 17.1. The van der Waals surface area contributed by atoms with Gasteiger partial charge in [0.05, 0.1) is 10.6 Å². The lowest BCUT2D eigenvalue weighted by Gasteiger charge is -2.13. The van der Waals surface area contributed by atoms with Gasteiger partial charge in [-0.15, -0.1) is 11.3 Å². The van der Waals surface area contributed by atoms with Crippen molar-refractivity contribution in [3.05, 3.63) is 88.9 Å². The van der Waals surface area contributed by atoms with E-state index < -0.39 is 11.8 Å². The molecule has 0 fully saturated rings. The molecule has 31 heavy (non-hydrogen) atoms. The lowest BCUT2D eigenvalue weighted by molar-refractivity contribution is 0.0706. The lowest BCUT2D eigenvalue weighted by Crippen LogP contribution is -2.19. The number of nitrogens with one attached hydrogen (secondary N) is 1. The van der Waals surface area contributed by atoms with Gasteiger partial charge in [-0.05, 0) is 52.9 Å². The monoisotopic (exact) mass is 433 g/mol. The van der Waals surface area contributed by atoms with Crippen molar-refractivity contribution in [2.24, 2.45) is 5.73 Å². The number of phenolic OH excluding ortho intramolecular Hbond substituents is 1. The molecule has 5 N–H and O–H groups in total. The molecule has 156 valence electrons. The van der Waals surface area contributed by atoms with Gasteiger partial charge in [-0.3, -0.25) is 14.8 Å². The predicted octanol–water partition coefficient (Wildman–Crippen LogP) is 3.86. The van der Waals surface area contributed by atoms with E-state index in [1.54, 1.807) is 65.3 Å². The van der Waals surface area contributed by atoms with E-state index in [9.17, 15) is 14.7 Å². The average molecular weight is 433 g/mol. The molecule has 0 aliphatic carbocycles. The molecule has 0 spiro atoms. The van der Waals surface area contributed by atoms with Crippen molar-refractivity contribution >= 4 is 23.2 Å². The number of rotatable bonds is 6. The maximum Gasteiger partial charge on any atom is 0.274 e. The Bertz CT molecular complexity index is 1230. The number of aromatic nitrogens is 1. The molecule has 0 radical (unpaired) electrons. The zero-order valence-electron chi connectivity index (χ0n) is 16.3. The number of benzene rings is 2. The van der Waals surface area contributed by atoms with Crippen molar-refractivity contribution in [3.63, 3.8) is 0 Å². The largest absolute Gasteiger partial charge is 0.508 e. The molecule has 0 bridgehead atoms. The molecule has 2 aromatic carbocycles. The van der Waals surface area contributed by atoms with Gasteiger partial charge in [0.1, 0.15) is 11.4 Å². The van der Waals surface area contributed by atoms with Crippen LogP contribution >= 0.6 is 11.3 Å². The van der Waals surface area contributed by atoms with E-state index in [4.69, 9.17) is 10.9 Å². The second-order valence-corrected chi connectivity index (χ2v) is 7.85. The smallest absolute Gasteiger partial charge is 0.274 e. The van der Waals surface area contributed by atoms with Crippen molar-refractivity contribution in [3.8, 4) is 27.4 Å². The molecule has 2 aromatic heterocycles. The highest BCUT2D eigenvalue weighted by Crippen LogP contribution is 2.36. The minimum Gasteiger partial charge on any atom is -0.508 e. The molecule has 4 aromatic rings. The Labute approximate surface area is 182 Å². The molecule has 0 aliphatic heterocycles. The minimum absolute atomic E-state index is 0.134. The first-order valence-corrected chi connectivity index (χ1v) is 10.3. The van der Waals surface area contributed by atoms with Gasteiger partial charge in [0.25, 0.3) is 11.8 Å². The Morgan fingerprint density at radius 2 is 1.74 bits per heavy atom. The van der Waals surface area contributed by atoms with Crippen molar-refractivity contribution in [1.82, 2.24) is 10.0 Å². The number of hydrogen-bond acceptors (Lipinski definition) is 5. The van der Waals surface area contributed by atoms with Gasteiger partial charge in [-0.1, -0.05) is 30.3 Å². The molecule has 4 rings (SSSR count). The summed E-state index contributed by atoms with van der Waals surface area (Å²) in [7, 11) is 0. The predicted molar refractivity (Wildman–Crippen MR) is 118 cm³/mol. The summed E-state index contributed by atoms with van der Waals surface area (Å²) in [5, 5.41) is 20.4. The van der Waals surface area contributed by atoms with Crippen LogP contribution in [0.4, 0.5) is 0 Å². The summed E-state index contributed by atoms with van der Waals surface area (Å²) in [6.07, 6.45) is 0. The highest BCUT2D eigenvalue weighted by molar-refractivity contribution is 7.13. The van der Waals surface area contributed by atoms with Crippen molar-refractivity contribution in [2.75, 3.05) is 0 Å². The van der Waals surface area contributed by atoms with E-state index in [1.807, 2.05) is 28.1 Å². The highest BCUT2D eigenvalue weighted by Gasteiger charge is 2.22. The van der Waals surface area contributed by atoms with Crippen molar-refractivity contribution < 1.29 is 19.9 Å². The van der Waals surface area contributed by atoms with Crippen LogP contribution in [0.25, 0.3) is 21.7 Å². The number of aromatic hydroxyl groups is 1. The van der Waals surface area contributed by atoms with Crippen molar-refractivity contribution in [2.45, 2.75) is 6.54 Å². The summed E-state index contributed by atoms with van der Waals surface area (Å²) in [4.78, 5) is 25.1. The van der Waals surface area contributed by atoms with E-state index in [0.717, 1.165) is 21.7 Å². The Hall–Kier alpha value is -3.88. The minimum atomic E-state index is -0.598. The SMILES string of the molecule is NC(=O)c1c(-c2ccc(O)cc2)cc(-c2cccs2)n1Cc1ccc(C(=O)NO)cc1. The molecular weight excluding hydrogens is 414 g/mol. The Kier molecular flexibility index (Phi) is 5.57. The van der Waals surface area contributed by atoms with Crippen LogP contribution in [0.5, 0.6) is 5.75 Å². The van der Waals surface area contributed by atoms with E-state index in [2.05, 4.69) is 0 Å². The van der Waals surface area contributed by atoms with E-state index in [-0.39, 0.29) is 5.75 Å². The van der Waals surface area contributed by atoms with E-state index in [1.165, 1.54) is 0 Å². The third-order valence-electron chi connectivity index (χ3n) is 4.94. The summed E-state index contributed by atoms with van der Waals surface area (Å²) in [6.45, 7) is 0.352. The molecule has 7 nitrogen and oxygen atoms in total. The van der Waals surface area contributed by atoms with Crippen LogP contribution in [-0.4, -0.2) is 26.7 Å². The topological polar surface area (TPSA) is 118 Å². The van der Waals surface area contributed by atoms with E-state index in [0.29, 0.717) is 23.4 Å². The number of nitrogens with two attached hydrogens (primary N) is 1. The second kappa shape index (κ2) is 8.47. The van der Waals surface area contributed by atoms with Crippen LogP contribution in [0, 0.1) is 0 Å². The Balaban J connectivity index is 1.84. The molecule has 8 heteroatoms. The number of phenols is 1. The molecule has 0 aliphatic rings. The summed E-state index contributed by atoms with van der Waals surface area (Å²) in [5.41, 5.74) is 11.2. The quantitative estimate of drug-likeness (QED) is 0.273. The van der Waals surface area contributed by atoms with Crippen LogP contribution < -0.4 is 11.2 Å². The van der Waals surface area contributed by atoms with Gasteiger partial charge in [-0.25, -0.2) is 5.48 Å². The third kappa shape index (κ3) is 4.07. The first-order valence-electron chi connectivity index (χ1n) is 9.38. The van der Waals surface area contributed by atoms with E-state index >= 15 is 0 Å². The fraction of sp³-hybridized carbons (Fsp3) is 0.0435. The average Bonchev–Trinajstić information content (AvgIpc) is 3.42. The summed E-state index contributed by atoms with van der Waals surface area (Å²) < 4.78 is 1.86. The van der Waals surface area contributed by atoms with Crippen LogP contribution in [0.15, 0.2) is 72.1 Å². The lowest BCUT2D eigenvalue weighted by atomic mass is 10.1. The Morgan fingerprint density at radius 1 is 1.03 bits per heavy atom. The molecule has 0 saturated carbocycles. The van der Waals surface area contributed by atoms with Gasteiger partial charge in [-0.2, -0.15) is 0 Å². The van der Waals surface area contributed by atoms with Gasteiger partial charge in [0.15, 0.2) is 0 Å². The van der Waals surface area contributed by atoms with Gasteiger partial charge < -0.3 is 15.4 Å². The second-order valence-electron chi connectivity index (χ2n) is 6.90. The van der Waals surface area contributed by atoms with Gasteiger partial charge in [0.2, 0.25) is 0 Å². The molecule has 0 unspecified atom stereocenters. The molecular formula is C23H19N3O4S. The summed E-state index contributed by atoms with van der Waals surface area (Å²) >= 11 is 1.55. The van der Waals surface area contributed by atoms with Gasteiger partial charge >= 0.3 is 0 Å². The first-order chi connectivity index (χ1) is 15.0.